The molecule has 1 fully saturated rings. The molecule has 1 aromatic rings. The van der Waals surface area contributed by atoms with E-state index in [-0.39, 0.29) is 24.8 Å². The highest BCUT2D eigenvalue weighted by Gasteiger charge is 2.24. The van der Waals surface area contributed by atoms with E-state index in [9.17, 15) is 0 Å². The summed E-state index contributed by atoms with van der Waals surface area (Å²) in [6, 6.07) is 2.51. The zero-order chi connectivity index (χ0) is 9.97. The zero-order valence-corrected chi connectivity index (χ0v) is 12.1. The molecule has 1 atom stereocenters. The van der Waals surface area contributed by atoms with Gasteiger partial charge in [-0.15, -0.1) is 24.8 Å². The Hall–Kier alpha value is -0.0300. The standard InChI is InChI=1S/C10H13BrN2O.2ClH/c1-13-3-2-9(13)7-14-10-4-8(11)5-12-6-10;;/h4-6,9H,2-3,7H2,1H3;2*1H/t9-;;/m0../s1. The quantitative estimate of drug-likeness (QED) is 0.852. The van der Waals surface area contributed by atoms with Crippen LogP contribution in [0.25, 0.3) is 0 Å². The minimum absolute atomic E-state index is 0. The maximum absolute atomic E-state index is 5.63. The number of halogens is 3. The Labute approximate surface area is 117 Å². The maximum Gasteiger partial charge on any atom is 0.138 e. The highest BCUT2D eigenvalue weighted by Crippen LogP contribution is 2.19. The average Bonchev–Trinajstić information content (AvgIpc) is 2.16. The van der Waals surface area contributed by atoms with Crippen molar-refractivity contribution in [3.05, 3.63) is 22.9 Å². The summed E-state index contributed by atoms with van der Waals surface area (Å²) in [5.41, 5.74) is 0. The van der Waals surface area contributed by atoms with Gasteiger partial charge in [-0.05, 0) is 42.0 Å². The molecule has 0 spiro atoms. The first-order valence-corrected chi connectivity index (χ1v) is 5.48. The number of hydrogen-bond donors (Lipinski definition) is 0. The molecule has 0 amide bonds. The van der Waals surface area contributed by atoms with Gasteiger partial charge in [-0.1, -0.05) is 0 Å². The predicted molar refractivity (Wildman–Crippen MR) is 73.0 cm³/mol. The first kappa shape index (κ1) is 16.0. The second-order valence-corrected chi connectivity index (χ2v) is 4.49. The van der Waals surface area contributed by atoms with Gasteiger partial charge in [-0.25, -0.2) is 0 Å². The number of rotatable bonds is 3. The van der Waals surface area contributed by atoms with Gasteiger partial charge in [0.05, 0.1) is 6.20 Å². The molecule has 2 rings (SSSR count). The number of ether oxygens (including phenoxy) is 1. The normalized spacial score (nSPS) is 19.0. The molecule has 0 radical (unpaired) electrons. The molecule has 0 bridgehead atoms. The van der Waals surface area contributed by atoms with Crippen molar-refractivity contribution in [3.63, 3.8) is 0 Å². The smallest absolute Gasteiger partial charge is 0.138 e. The van der Waals surface area contributed by atoms with Gasteiger partial charge < -0.3 is 4.74 Å². The zero-order valence-electron chi connectivity index (χ0n) is 8.93. The second kappa shape index (κ2) is 7.33. The molecular formula is C10H15BrCl2N2O. The van der Waals surface area contributed by atoms with Crippen LogP contribution in [-0.4, -0.2) is 36.1 Å². The number of nitrogens with zero attached hydrogens (tertiary/aromatic N) is 2. The highest BCUT2D eigenvalue weighted by molar-refractivity contribution is 9.10. The SMILES string of the molecule is CN1CC[C@H]1COc1cncc(Br)c1.Cl.Cl. The molecule has 0 unspecified atom stereocenters. The Kier molecular flexibility index (Phi) is 7.31. The number of likely N-dealkylation sites (tertiary alicyclic amines) is 1. The number of pyridine rings is 1. The van der Waals surface area contributed by atoms with Crippen molar-refractivity contribution in [2.75, 3.05) is 20.2 Å². The van der Waals surface area contributed by atoms with Gasteiger partial charge in [0, 0.05) is 16.7 Å². The Bertz CT molecular complexity index is 327. The van der Waals surface area contributed by atoms with Gasteiger partial charge in [0.2, 0.25) is 0 Å². The van der Waals surface area contributed by atoms with Crippen molar-refractivity contribution >= 4 is 40.7 Å². The van der Waals surface area contributed by atoms with Crippen LogP contribution >= 0.6 is 40.7 Å². The van der Waals surface area contributed by atoms with Crippen molar-refractivity contribution in [2.45, 2.75) is 12.5 Å². The number of hydrogen-bond acceptors (Lipinski definition) is 3. The van der Waals surface area contributed by atoms with Crippen molar-refractivity contribution in [2.24, 2.45) is 0 Å². The van der Waals surface area contributed by atoms with Crippen LogP contribution in [0.3, 0.4) is 0 Å². The van der Waals surface area contributed by atoms with E-state index in [2.05, 4.69) is 32.9 Å². The molecular weight excluding hydrogens is 315 g/mol. The first-order chi connectivity index (χ1) is 6.75. The third-order valence-electron chi connectivity index (χ3n) is 2.56. The lowest BCUT2D eigenvalue weighted by Crippen LogP contribution is -2.48. The summed E-state index contributed by atoms with van der Waals surface area (Å²) in [7, 11) is 2.12. The van der Waals surface area contributed by atoms with Gasteiger partial charge in [0.25, 0.3) is 0 Å². The average molecular weight is 330 g/mol. The molecule has 1 aromatic heterocycles. The Morgan fingerprint density at radius 3 is 2.75 bits per heavy atom. The van der Waals surface area contributed by atoms with Crippen LogP contribution in [0.4, 0.5) is 0 Å². The molecule has 92 valence electrons. The van der Waals surface area contributed by atoms with Crippen molar-refractivity contribution in [1.29, 1.82) is 0 Å². The van der Waals surface area contributed by atoms with E-state index in [0.29, 0.717) is 6.04 Å². The number of aromatic nitrogens is 1. The molecule has 1 aliphatic heterocycles. The summed E-state index contributed by atoms with van der Waals surface area (Å²) in [4.78, 5) is 6.34. The summed E-state index contributed by atoms with van der Waals surface area (Å²) in [6.07, 6.45) is 4.73. The van der Waals surface area contributed by atoms with E-state index in [0.717, 1.165) is 16.8 Å². The monoisotopic (exact) mass is 328 g/mol. The van der Waals surface area contributed by atoms with Gasteiger partial charge in [0.15, 0.2) is 0 Å². The Morgan fingerprint density at radius 2 is 2.25 bits per heavy atom. The van der Waals surface area contributed by atoms with E-state index in [1.807, 2.05) is 6.07 Å². The molecule has 0 saturated carbocycles. The minimum Gasteiger partial charge on any atom is -0.490 e. The highest BCUT2D eigenvalue weighted by atomic mass is 79.9. The van der Waals surface area contributed by atoms with Crippen molar-refractivity contribution in [3.8, 4) is 5.75 Å². The molecule has 1 aliphatic rings. The predicted octanol–water partition coefficient (Wildman–Crippen LogP) is 2.77. The van der Waals surface area contributed by atoms with E-state index < -0.39 is 0 Å². The molecule has 2 heterocycles. The minimum atomic E-state index is 0. The fraction of sp³-hybridized carbons (Fsp3) is 0.500. The fourth-order valence-electron chi connectivity index (χ4n) is 1.44. The van der Waals surface area contributed by atoms with Crippen LogP contribution in [0, 0.1) is 0 Å². The summed E-state index contributed by atoms with van der Waals surface area (Å²) in [5, 5.41) is 0. The van der Waals surface area contributed by atoms with Gasteiger partial charge in [0.1, 0.15) is 12.4 Å². The molecule has 3 nitrogen and oxygen atoms in total. The molecule has 16 heavy (non-hydrogen) atoms. The summed E-state index contributed by atoms with van der Waals surface area (Å²) >= 11 is 3.36. The van der Waals surface area contributed by atoms with E-state index >= 15 is 0 Å². The Morgan fingerprint density at radius 1 is 1.50 bits per heavy atom. The summed E-state index contributed by atoms with van der Waals surface area (Å²) in [5.74, 6) is 0.833. The third-order valence-corrected chi connectivity index (χ3v) is 2.99. The largest absolute Gasteiger partial charge is 0.490 e. The Balaban J connectivity index is 0.00000112. The lowest BCUT2D eigenvalue weighted by atomic mass is 10.1. The molecule has 1 saturated heterocycles. The van der Waals surface area contributed by atoms with E-state index in [1.54, 1.807) is 12.4 Å². The van der Waals surface area contributed by atoms with Crippen LogP contribution in [0.15, 0.2) is 22.9 Å². The summed E-state index contributed by atoms with van der Waals surface area (Å²) in [6.45, 7) is 1.94. The van der Waals surface area contributed by atoms with Crippen LogP contribution in [-0.2, 0) is 0 Å². The third kappa shape index (κ3) is 4.09. The molecule has 6 heteroatoms. The molecule has 0 N–H and O–H groups in total. The van der Waals surface area contributed by atoms with Crippen LogP contribution < -0.4 is 4.74 Å². The number of likely N-dealkylation sites (N-methyl/N-ethyl adjacent to an activating group) is 1. The van der Waals surface area contributed by atoms with E-state index in [1.165, 1.54) is 13.0 Å². The van der Waals surface area contributed by atoms with Crippen molar-refractivity contribution in [1.82, 2.24) is 9.88 Å². The van der Waals surface area contributed by atoms with Gasteiger partial charge >= 0.3 is 0 Å². The molecule has 0 aromatic carbocycles. The van der Waals surface area contributed by atoms with Crippen LogP contribution in [0.2, 0.25) is 0 Å². The lowest BCUT2D eigenvalue weighted by Gasteiger charge is -2.37. The lowest BCUT2D eigenvalue weighted by molar-refractivity contribution is 0.0767. The fourth-order valence-corrected chi connectivity index (χ4v) is 1.79. The van der Waals surface area contributed by atoms with Crippen molar-refractivity contribution < 1.29 is 4.74 Å². The van der Waals surface area contributed by atoms with E-state index in [4.69, 9.17) is 4.74 Å². The maximum atomic E-state index is 5.63. The first-order valence-electron chi connectivity index (χ1n) is 4.69. The van der Waals surface area contributed by atoms with Crippen LogP contribution in [0.1, 0.15) is 6.42 Å². The topological polar surface area (TPSA) is 25.4 Å². The summed E-state index contributed by atoms with van der Waals surface area (Å²) < 4.78 is 6.58. The molecule has 0 aliphatic carbocycles. The van der Waals surface area contributed by atoms with Gasteiger partial charge in [-0.2, -0.15) is 0 Å². The second-order valence-electron chi connectivity index (χ2n) is 3.57. The van der Waals surface area contributed by atoms with Crippen LogP contribution in [0.5, 0.6) is 5.75 Å². The van der Waals surface area contributed by atoms with Gasteiger partial charge in [-0.3, -0.25) is 9.88 Å².